The number of nitrogens with one attached hydrogen (secondary N) is 1. The van der Waals surface area contributed by atoms with E-state index in [2.05, 4.69) is 17.1 Å². The van der Waals surface area contributed by atoms with Gasteiger partial charge in [0.1, 0.15) is 11.4 Å². The first-order valence-electron chi connectivity index (χ1n) is 8.88. The third-order valence-electron chi connectivity index (χ3n) is 4.85. The lowest BCUT2D eigenvalue weighted by molar-refractivity contribution is 0.0730. The molecule has 0 spiro atoms. The van der Waals surface area contributed by atoms with Crippen LogP contribution in [-0.4, -0.2) is 28.9 Å². The van der Waals surface area contributed by atoms with E-state index in [4.69, 9.17) is 4.74 Å². The zero-order chi connectivity index (χ0) is 17.2. The number of aromatic nitrogens is 1. The number of benzene rings is 2. The smallest absolute Gasteiger partial charge is 0.270 e. The fourth-order valence-electron chi connectivity index (χ4n) is 3.65. The van der Waals surface area contributed by atoms with Crippen molar-refractivity contribution in [3.05, 3.63) is 65.9 Å². The summed E-state index contributed by atoms with van der Waals surface area (Å²) in [6.07, 6.45) is 2.03. The second-order valence-electron chi connectivity index (χ2n) is 6.43. The molecule has 1 amide bonds. The summed E-state index contributed by atoms with van der Waals surface area (Å²) in [6.45, 7) is 3.44. The molecule has 0 bridgehead atoms. The van der Waals surface area contributed by atoms with Crippen molar-refractivity contribution in [1.29, 1.82) is 0 Å². The van der Waals surface area contributed by atoms with Crippen molar-refractivity contribution >= 4 is 16.8 Å². The van der Waals surface area contributed by atoms with Crippen LogP contribution in [0.1, 0.15) is 41.9 Å². The van der Waals surface area contributed by atoms with Crippen LogP contribution in [-0.2, 0) is 0 Å². The Morgan fingerprint density at radius 3 is 2.76 bits per heavy atom. The Hall–Kier alpha value is -2.75. The first-order valence-corrected chi connectivity index (χ1v) is 8.88. The molecule has 1 aromatic heterocycles. The molecule has 2 heterocycles. The van der Waals surface area contributed by atoms with Crippen LogP contribution in [0, 0.1) is 0 Å². The zero-order valence-corrected chi connectivity index (χ0v) is 14.4. The number of hydrogen-bond donors (Lipinski definition) is 1. The SMILES string of the molecule is CCOc1ccc([C@@H]2CCCN2C(=O)c2cc3ccccc3[nH]2)cc1. The minimum Gasteiger partial charge on any atom is -0.494 e. The van der Waals surface area contributed by atoms with Gasteiger partial charge in [0, 0.05) is 17.4 Å². The quantitative estimate of drug-likeness (QED) is 0.761. The molecule has 1 fully saturated rings. The van der Waals surface area contributed by atoms with Crippen LogP contribution in [0.15, 0.2) is 54.6 Å². The van der Waals surface area contributed by atoms with Gasteiger partial charge in [-0.2, -0.15) is 0 Å². The van der Waals surface area contributed by atoms with E-state index >= 15 is 0 Å². The highest BCUT2D eigenvalue weighted by Gasteiger charge is 2.31. The highest BCUT2D eigenvalue weighted by molar-refractivity contribution is 5.98. The van der Waals surface area contributed by atoms with Crippen LogP contribution in [0.2, 0.25) is 0 Å². The minimum absolute atomic E-state index is 0.0765. The predicted molar refractivity (Wildman–Crippen MR) is 98.9 cm³/mol. The van der Waals surface area contributed by atoms with Crippen molar-refractivity contribution < 1.29 is 9.53 Å². The normalized spacial score (nSPS) is 17.2. The van der Waals surface area contributed by atoms with Gasteiger partial charge in [-0.25, -0.2) is 0 Å². The molecule has 0 saturated carbocycles. The standard InChI is InChI=1S/C21H22N2O2/c1-2-25-17-11-9-15(10-12-17)20-8-5-13-23(20)21(24)19-14-16-6-3-4-7-18(16)22-19/h3-4,6-7,9-12,14,20,22H,2,5,8,13H2,1H3/t20-/m0/s1. The average molecular weight is 334 g/mol. The molecule has 1 N–H and O–H groups in total. The molecule has 3 aromatic rings. The van der Waals surface area contributed by atoms with E-state index in [0.29, 0.717) is 12.3 Å². The van der Waals surface area contributed by atoms with Crippen molar-refractivity contribution in [2.45, 2.75) is 25.8 Å². The molecule has 25 heavy (non-hydrogen) atoms. The predicted octanol–water partition coefficient (Wildman–Crippen LogP) is 4.54. The largest absolute Gasteiger partial charge is 0.494 e. The van der Waals surface area contributed by atoms with Gasteiger partial charge >= 0.3 is 0 Å². The Bertz CT molecular complexity index is 849. The maximum absolute atomic E-state index is 13.0. The summed E-state index contributed by atoms with van der Waals surface area (Å²) in [5, 5.41) is 1.07. The van der Waals surface area contributed by atoms with Crippen molar-refractivity contribution in [3.63, 3.8) is 0 Å². The number of para-hydroxylation sites is 1. The number of hydrogen-bond acceptors (Lipinski definition) is 2. The van der Waals surface area contributed by atoms with Crippen LogP contribution < -0.4 is 4.74 Å². The molecule has 1 aliphatic rings. The highest BCUT2D eigenvalue weighted by Crippen LogP contribution is 2.34. The molecule has 0 aliphatic carbocycles. The number of rotatable bonds is 4. The first kappa shape index (κ1) is 15.8. The average Bonchev–Trinajstić information content (AvgIpc) is 3.29. The molecule has 1 aliphatic heterocycles. The van der Waals surface area contributed by atoms with E-state index in [9.17, 15) is 4.79 Å². The summed E-state index contributed by atoms with van der Waals surface area (Å²) >= 11 is 0. The van der Waals surface area contributed by atoms with Crippen molar-refractivity contribution in [1.82, 2.24) is 9.88 Å². The zero-order valence-electron chi connectivity index (χ0n) is 14.4. The highest BCUT2D eigenvalue weighted by atomic mass is 16.5. The van der Waals surface area contributed by atoms with E-state index in [1.807, 2.05) is 54.3 Å². The minimum atomic E-state index is 0.0765. The fourth-order valence-corrected chi connectivity index (χ4v) is 3.65. The number of aromatic amines is 1. The summed E-state index contributed by atoms with van der Waals surface area (Å²) in [5.74, 6) is 0.949. The van der Waals surface area contributed by atoms with Gasteiger partial charge in [0.05, 0.1) is 12.6 Å². The Morgan fingerprint density at radius 2 is 2.00 bits per heavy atom. The molecule has 0 radical (unpaired) electrons. The van der Waals surface area contributed by atoms with E-state index in [-0.39, 0.29) is 11.9 Å². The van der Waals surface area contributed by atoms with E-state index in [1.54, 1.807) is 0 Å². The van der Waals surface area contributed by atoms with Crippen molar-refractivity contribution in [3.8, 4) is 5.75 Å². The summed E-state index contributed by atoms with van der Waals surface area (Å²) in [6, 6.07) is 18.2. The molecular formula is C21H22N2O2. The Morgan fingerprint density at radius 1 is 1.20 bits per heavy atom. The summed E-state index contributed by atoms with van der Waals surface area (Å²) in [4.78, 5) is 18.3. The van der Waals surface area contributed by atoms with E-state index in [0.717, 1.165) is 36.0 Å². The van der Waals surface area contributed by atoms with E-state index in [1.165, 1.54) is 5.56 Å². The monoisotopic (exact) mass is 334 g/mol. The molecule has 1 atom stereocenters. The fraction of sp³-hybridized carbons (Fsp3) is 0.286. The summed E-state index contributed by atoms with van der Waals surface area (Å²) in [5.41, 5.74) is 2.84. The van der Waals surface area contributed by atoms with Gasteiger partial charge < -0.3 is 14.6 Å². The third-order valence-corrected chi connectivity index (χ3v) is 4.85. The third kappa shape index (κ3) is 3.00. The van der Waals surface area contributed by atoms with Gasteiger partial charge in [-0.3, -0.25) is 4.79 Å². The summed E-state index contributed by atoms with van der Waals surface area (Å²) in [7, 11) is 0. The van der Waals surface area contributed by atoms with Gasteiger partial charge in [0.2, 0.25) is 0 Å². The number of H-pyrrole nitrogens is 1. The first-order chi connectivity index (χ1) is 12.3. The lowest BCUT2D eigenvalue weighted by atomic mass is 10.0. The van der Waals surface area contributed by atoms with Crippen molar-refractivity contribution in [2.75, 3.05) is 13.2 Å². The second-order valence-corrected chi connectivity index (χ2v) is 6.43. The molecule has 1 saturated heterocycles. The lowest BCUT2D eigenvalue weighted by Gasteiger charge is -2.24. The Balaban J connectivity index is 1.58. The van der Waals surface area contributed by atoms with Gasteiger partial charge in [-0.05, 0) is 49.6 Å². The van der Waals surface area contributed by atoms with Crippen LogP contribution in [0.5, 0.6) is 5.75 Å². The number of carbonyl (C=O) groups excluding carboxylic acids is 1. The molecule has 0 unspecified atom stereocenters. The Kier molecular flexibility index (Phi) is 4.18. The summed E-state index contributed by atoms with van der Waals surface area (Å²) < 4.78 is 5.52. The molecular weight excluding hydrogens is 312 g/mol. The number of fused-ring (bicyclic) bond motifs is 1. The molecule has 4 heteroatoms. The molecule has 4 nitrogen and oxygen atoms in total. The van der Waals surface area contributed by atoms with Gasteiger partial charge in [-0.1, -0.05) is 30.3 Å². The second kappa shape index (κ2) is 6.63. The lowest BCUT2D eigenvalue weighted by Crippen LogP contribution is -2.30. The topological polar surface area (TPSA) is 45.3 Å². The molecule has 2 aromatic carbocycles. The maximum atomic E-state index is 13.0. The van der Waals surface area contributed by atoms with Crippen LogP contribution in [0.25, 0.3) is 10.9 Å². The number of carbonyl (C=O) groups is 1. The van der Waals surface area contributed by atoms with E-state index < -0.39 is 0 Å². The van der Waals surface area contributed by atoms with Gasteiger partial charge in [0.25, 0.3) is 5.91 Å². The number of nitrogens with zero attached hydrogens (tertiary/aromatic N) is 1. The molecule has 128 valence electrons. The van der Waals surface area contributed by atoms with Gasteiger partial charge in [-0.15, -0.1) is 0 Å². The molecule has 4 rings (SSSR count). The van der Waals surface area contributed by atoms with Crippen LogP contribution in [0.4, 0.5) is 0 Å². The number of amides is 1. The van der Waals surface area contributed by atoms with Crippen LogP contribution in [0.3, 0.4) is 0 Å². The number of likely N-dealkylation sites (tertiary alicyclic amines) is 1. The van der Waals surface area contributed by atoms with Crippen LogP contribution >= 0.6 is 0 Å². The van der Waals surface area contributed by atoms with Crippen molar-refractivity contribution in [2.24, 2.45) is 0 Å². The maximum Gasteiger partial charge on any atom is 0.270 e. The van der Waals surface area contributed by atoms with Gasteiger partial charge in [0.15, 0.2) is 0 Å². The number of ether oxygens (including phenoxy) is 1. The Labute approximate surface area is 147 Å².